The van der Waals surface area contributed by atoms with E-state index in [9.17, 15) is 37.1 Å². The Balaban J connectivity index is 0.00000372. The highest BCUT2D eigenvalue weighted by Gasteiger charge is 2.39. The minimum absolute atomic E-state index is 0.0837. The van der Waals surface area contributed by atoms with Gasteiger partial charge in [0.1, 0.15) is 6.61 Å². The molecular formula is C41H43F3N2O6S. The van der Waals surface area contributed by atoms with E-state index in [-0.39, 0.29) is 40.7 Å². The number of ketones is 1. The molecule has 0 aromatic heterocycles. The standard InChI is InChI=1S/C39H37F3N2O6S.C2H6/c1-6-51-37(49)38(3,32-14-10-9-11-28(32)24(2)45)23-50-34(46)22-25-15-20-33(31(21-25)36(48)44(4)5)43-35(47)30-13-8-7-12-29(30)26-16-18-27(19-17-26)39(40,41)42;1-2/h7-21H,6,22-23H2,1-5H3,(H,43,47);1-2H3. The van der Waals surface area contributed by atoms with Crippen LogP contribution >= 0.6 is 11.8 Å². The van der Waals surface area contributed by atoms with Gasteiger partial charge in [0, 0.05) is 25.2 Å². The first-order valence-electron chi connectivity index (χ1n) is 16.9. The molecule has 0 aliphatic heterocycles. The summed E-state index contributed by atoms with van der Waals surface area (Å²) < 4.78 is 45.0. The van der Waals surface area contributed by atoms with Crippen LogP contribution in [0, 0.1) is 0 Å². The largest absolute Gasteiger partial charge is 0.464 e. The smallest absolute Gasteiger partial charge is 0.416 e. The van der Waals surface area contributed by atoms with Crippen LogP contribution < -0.4 is 5.32 Å². The van der Waals surface area contributed by atoms with Crippen molar-refractivity contribution in [2.45, 2.75) is 52.6 Å². The molecule has 0 fully saturated rings. The Morgan fingerprint density at radius 1 is 0.811 bits per heavy atom. The van der Waals surface area contributed by atoms with Crippen molar-refractivity contribution >= 4 is 46.1 Å². The van der Waals surface area contributed by atoms with Crippen molar-refractivity contribution in [1.29, 1.82) is 0 Å². The number of esters is 1. The van der Waals surface area contributed by atoms with E-state index >= 15 is 0 Å². The molecule has 8 nitrogen and oxygen atoms in total. The van der Waals surface area contributed by atoms with E-state index < -0.39 is 34.9 Å². The van der Waals surface area contributed by atoms with E-state index in [4.69, 9.17) is 4.74 Å². The number of benzene rings is 4. The van der Waals surface area contributed by atoms with Crippen LogP contribution in [0.3, 0.4) is 0 Å². The van der Waals surface area contributed by atoms with Crippen LogP contribution in [0.5, 0.6) is 0 Å². The van der Waals surface area contributed by atoms with Gasteiger partial charge in [0.2, 0.25) is 5.12 Å². The van der Waals surface area contributed by atoms with E-state index in [0.717, 1.165) is 23.9 Å². The van der Waals surface area contributed by atoms with Crippen LogP contribution in [-0.4, -0.2) is 60.0 Å². The molecule has 0 saturated carbocycles. The maximum atomic E-state index is 13.6. The average molecular weight is 749 g/mol. The molecule has 4 rings (SSSR count). The van der Waals surface area contributed by atoms with Gasteiger partial charge in [0.05, 0.1) is 28.7 Å². The first-order valence-corrected chi connectivity index (χ1v) is 17.9. The Morgan fingerprint density at radius 3 is 2.00 bits per heavy atom. The zero-order chi connectivity index (χ0) is 39.5. The number of ether oxygens (including phenoxy) is 1. The average Bonchev–Trinajstić information content (AvgIpc) is 3.14. The lowest BCUT2D eigenvalue weighted by Crippen LogP contribution is -2.38. The third kappa shape index (κ3) is 10.4. The second kappa shape index (κ2) is 18.5. The highest BCUT2D eigenvalue weighted by Crippen LogP contribution is 2.34. The van der Waals surface area contributed by atoms with Crippen molar-refractivity contribution in [2.75, 3.05) is 31.8 Å². The topological polar surface area (TPSA) is 110 Å². The maximum absolute atomic E-state index is 13.6. The van der Waals surface area contributed by atoms with Crippen LogP contribution in [-0.2, 0) is 32.3 Å². The Hall–Kier alpha value is -5.23. The van der Waals surface area contributed by atoms with Crippen molar-refractivity contribution in [3.05, 3.63) is 124 Å². The fourth-order valence-corrected chi connectivity index (χ4v) is 6.19. The normalized spacial score (nSPS) is 12.0. The summed E-state index contributed by atoms with van der Waals surface area (Å²) in [6.07, 6.45) is -4.78. The number of alkyl halides is 3. The molecule has 12 heteroatoms. The third-order valence-corrected chi connectivity index (χ3v) is 9.16. The van der Waals surface area contributed by atoms with Gasteiger partial charge >= 0.3 is 12.1 Å². The fraction of sp³-hybridized carbons (Fsp3) is 0.293. The molecule has 0 aliphatic carbocycles. The summed E-state index contributed by atoms with van der Waals surface area (Å²) in [5, 5.41) is 2.48. The predicted octanol–water partition coefficient (Wildman–Crippen LogP) is 8.88. The van der Waals surface area contributed by atoms with Crippen molar-refractivity contribution in [1.82, 2.24) is 4.90 Å². The van der Waals surface area contributed by atoms with Crippen molar-refractivity contribution in [3.63, 3.8) is 0 Å². The van der Waals surface area contributed by atoms with Gasteiger partial charge in [0.25, 0.3) is 11.8 Å². The molecule has 280 valence electrons. The van der Waals surface area contributed by atoms with Gasteiger partial charge < -0.3 is 15.0 Å². The number of Topliss-reactive ketones (excluding diaryl/α,β-unsaturated/α-hetero) is 1. The summed E-state index contributed by atoms with van der Waals surface area (Å²) in [6, 6.07) is 22.0. The van der Waals surface area contributed by atoms with Gasteiger partial charge in [-0.25, -0.2) is 0 Å². The lowest BCUT2D eigenvalue weighted by molar-refractivity contribution is -0.145. The number of hydrogen-bond donors (Lipinski definition) is 1. The fourth-order valence-electron chi connectivity index (χ4n) is 5.44. The number of nitrogens with one attached hydrogen (secondary N) is 1. The summed E-state index contributed by atoms with van der Waals surface area (Å²) in [5.74, 6) is -1.50. The Labute approximate surface area is 312 Å². The van der Waals surface area contributed by atoms with Gasteiger partial charge in [-0.15, -0.1) is 0 Å². The van der Waals surface area contributed by atoms with E-state index in [1.807, 2.05) is 20.8 Å². The quantitative estimate of drug-likeness (QED) is 0.114. The van der Waals surface area contributed by atoms with Gasteiger partial charge in [-0.3, -0.25) is 24.0 Å². The van der Waals surface area contributed by atoms with Gasteiger partial charge in [-0.05, 0) is 72.2 Å². The number of nitrogens with zero attached hydrogens (tertiary/aromatic N) is 1. The lowest BCUT2D eigenvalue weighted by Gasteiger charge is -2.29. The summed E-state index contributed by atoms with van der Waals surface area (Å²) in [7, 11) is 3.06. The number of hydrogen-bond acceptors (Lipinski definition) is 7. The zero-order valence-corrected chi connectivity index (χ0v) is 31.5. The molecule has 0 spiro atoms. The van der Waals surface area contributed by atoms with Gasteiger partial charge in [0.15, 0.2) is 5.78 Å². The number of rotatable bonds is 12. The second-order valence-corrected chi connectivity index (χ2v) is 13.4. The SMILES string of the molecule is CC.CCSC(=O)C(C)(COC(=O)Cc1ccc(NC(=O)c2ccccc2-c2ccc(C(F)(F)F)cc2)c(C(=O)N(C)C)c1)c1ccccc1C(C)=O. The minimum Gasteiger partial charge on any atom is -0.464 e. The monoisotopic (exact) mass is 748 g/mol. The number of thioether (sulfide) groups is 1. The van der Waals surface area contributed by atoms with Crippen LogP contribution in [0.2, 0.25) is 0 Å². The Morgan fingerprint density at radius 2 is 1.42 bits per heavy atom. The van der Waals surface area contributed by atoms with Crippen LogP contribution in [0.25, 0.3) is 11.1 Å². The molecule has 4 aromatic carbocycles. The highest BCUT2D eigenvalue weighted by atomic mass is 32.2. The molecule has 1 unspecified atom stereocenters. The van der Waals surface area contributed by atoms with Crippen molar-refractivity contribution in [2.24, 2.45) is 0 Å². The molecule has 0 heterocycles. The molecule has 0 aliphatic rings. The van der Waals surface area contributed by atoms with Crippen LogP contribution in [0.1, 0.15) is 82.4 Å². The molecule has 0 radical (unpaired) electrons. The first kappa shape index (κ1) is 42.2. The first-order chi connectivity index (χ1) is 25.1. The molecule has 0 saturated heterocycles. The highest BCUT2D eigenvalue weighted by molar-refractivity contribution is 8.13. The third-order valence-electron chi connectivity index (χ3n) is 8.16. The molecule has 2 amide bonds. The maximum Gasteiger partial charge on any atom is 0.416 e. The minimum atomic E-state index is -4.51. The summed E-state index contributed by atoms with van der Waals surface area (Å²) in [4.78, 5) is 67.0. The number of anilines is 1. The number of carbonyl (C=O) groups is 5. The number of halogens is 3. The molecule has 1 N–H and O–H groups in total. The van der Waals surface area contributed by atoms with Crippen molar-refractivity contribution in [3.8, 4) is 11.1 Å². The molecular weight excluding hydrogens is 706 g/mol. The van der Waals surface area contributed by atoms with Gasteiger partial charge in [-0.2, -0.15) is 13.2 Å². The molecule has 53 heavy (non-hydrogen) atoms. The molecule has 0 bridgehead atoms. The lowest BCUT2D eigenvalue weighted by atomic mass is 9.80. The number of carbonyl (C=O) groups excluding carboxylic acids is 5. The molecule has 4 aromatic rings. The summed E-state index contributed by atoms with van der Waals surface area (Å²) in [6.45, 7) is 8.54. The zero-order valence-electron chi connectivity index (χ0n) is 30.7. The second-order valence-electron chi connectivity index (χ2n) is 12.1. The van der Waals surface area contributed by atoms with E-state index in [0.29, 0.717) is 33.6 Å². The summed E-state index contributed by atoms with van der Waals surface area (Å²) >= 11 is 1.06. The van der Waals surface area contributed by atoms with E-state index in [1.165, 1.54) is 56.3 Å². The Kier molecular flexibility index (Phi) is 14.7. The summed E-state index contributed by atoms with van der Waals surface area (Å²) in [5.41, 5.74) is 0.249. The van der Waals surface area contributed by atoms with Crippen LogP contribution in [0.4, 0.5) is 18.9 Å². The van der Waals surface area contributed by atoms with Gasteiger partial charge in [-0.1, -0.05) is 93.2 Å². The predicted molar refractivity (Wildman–Crippen MR) is 202 cm³/mol. The molecule has 1 atom stereocenters. The Bertz CT molecular complexity index is 1960. The van der Waals surface area contributed by atoms with E-state index in [1.54, 1.807) is 55.5 Å². The van der Waals surface area contributed by atoms with E-state index in [2.05, 4.69) is 5.32 Å². The van der Waals surface area contributed by atoms with Crippen molar-refractivity contribution < 1.29 is 41.9 Å². The number of amides is 2. The van der Waals surface area contributed by atoms with Crippen LogP contribution in [0.15, 0.2) is 91.0 Å².